The number of nitrogens with one attached hydrogen (secondary N) is 1. The fourth-order valence-corrected chi connectivity index (χ4v) is 3.08. The van der Waals surface area contributed by atoms with E-state index < -0.39 is 12.0 Å². The van der Waals surface area contributed by atoms with Crippen LogP contribution in [0.15, 0.2) is 22.9 Å². The van der Waals surface area contributed by atoms with Crippen molar-refractivity contribution in [1.29, 1.82) is 0 Å². The molecule has 0 saturated carbocycles. The van der Waals surface area contributed by atoms with Crippen molar-refractivity contribution in [2.75, 3.05) is 5.32 Å². The molecule has 0 aliphatic carbocycles. The first-order chi connectivity index (χ1) is 8.08. The molecule has 0 unspecified atom stereocenters. The van der Waals surface area contributed by atoms with Crippen LogP contribution in [0.3, 0.4) is 0 Å². The Kier molecular flexibility index (Phi) is 3.12. The zero-order valence-corrected chi connectivity index (χ0v) is 10.1. The second-order valence-electron chi connectivity index (χ2n) is 3.16. The van der Waals surface area contributed by atoms with Crippen molar-refractivity contribution in [1.82, 2.24) is 0 Å². The second-order valence-corrected chi connectivity index (χ2v) is 4.99. The highest BCUT2D eigenvalue weighted by Crippen LogP contribution is 2.36. The van der Waals surface area contributed by atoms with E-state index in [0.717, 1.165) is 10.4 Å². The van der Waals surface area contributed by atoms with Crippen LogP contribution in [0.5, 0.6) is 0 Å². The monoisotopic (exact) mass is 268 g/mol. The van der Waals surface area contributed by atoms with Crippen LogP contribution in [-0.2, 0) is 0 Å². The van der Waals surface area contributed by atoms with Crippen LogP contribution >= 0.6 is 22.7 Å². The highest BCUT2D eigenvalue weighted by Gasteiger charge is 2.17. The summed E-state index contributed by atoms with van der Waals surface area (Å²) in [5.74, 6) is -1.09. The largest absolute Gasteiger partial charge is 0.478 e. The Bertz CT molecular complexity index is 560. The number of urea groups is 1. The number of carboxylic acid groups (broad SMARTS) is 1. The Morgan fingerprint density at radius 2 is 2.18 bits per heavy atom. The maximum Gasteiger partial charge on any atom is 0.338 e. The number of hydrogen-bond acceptors (Lipinski definition) is 4. The number of carboxylic acids is 1. The number of anilines is 1. The lowest BCUT2D eigenvalue weighted by Crippen LogP contribution is -2.19. The van der Waals surface area contributed by atoms with Crippen LogP contribution in [0.25, 0.3) is 10.4 Å². The van der Waals surface area contributed by atoms with Gasteiger partial charge in [-0.1, -0.05) is 0 Å². The van der Waals surface area contributed by atoms with E-state index in [-0.39, 0.29) is 10.6 Å². The van der Waals surface area contributed by atoms with Crippen molar-refractivity contribution >= 4 is 39.7 Å². The molecule has 17 heavy (non-hydrogen) atoms. The fraction of sp³-hybridized carbons (Fsp3) is 0. The first-order valence-electron chi connectivity index (χ1n) is 4.54. The van der Waals surface area contributed by atoms with Crippen molar-refractivity contribution < 1.29 is 14.7 Å². The Labute approximate surface area is 105 Å². The number of primary amides is 1. The minimum Gasteiger partial charge on any atom is -0.478 e. The topological polar surface area (TPSA) is 92.4 Å². The molecular formula is C10H8N2O3S2. The first kappa shape index (κ1) is 11.6. The summed E-state index contributed by atoms with van der Waals surface area (Å²) in [5, 5.41) is 15.4. The number of aromatic carboxylic acids is 1. The van der Waals surface area contributed by atoms with Crippen molar-refractivity contribution in [3.05, 3.63) is 28.5 Å². The molecule has 2 heterocycles. The number of carbonyl (C=O) groups is 2. The van der Waals surface area contributed by atoms with Crippen molar-refractivity contribution in [3.8, 4) is 10.4 Å². The van der Waals surface area contributed by atoms with Crippen LogP contribution in [0, 0.1) is 0 Å². The van der Waals surface area contributed by atoms with Gasteiger partial charge in [-0.05, 0) is 22.9 Å². The predicted molar refractivity (Wildman–Crippen MR) is 67.8 cm³/mol. The third-order valence-electron chi connectivity index (χ3n) is 2.00. The zero-order valence-electron chi connectivity index (χ0n) is 8.47. The molecule has 0 radical (unpaired) electrons. The molecule has 2 aromatic heterocycles. The molecule has 5 nitrogen and oxygen atoms in total. The summed E-state index contributed by atoms with van der Waals surface area (Å²) in [5.41, 5.74) is 5.97. The smallest absolute Gasteiger partial charge is 0.338 e. The van der Waals surface area contributed by atoms with E-state index >= 15 is 0 Å². The molecule has 0 aliphatic rings. The molecule has 88 valence electrons. The van der Waals surface area contributed by atoms with Crippen LogP contribution < -0.4 is 11.1 Å². The average molecular weight is 268 g/mol. The lowest BCUT2D eigenvalue weighted by molar-refractivity contribution is 0.0698. The van der Waals surface area contributed by atoms with Gasteiger partial charge in [0.1, 0.15) is 5.00 Å². The van der Waals surface area contributed by atoms with Gasteiger partial charge in [0.05, 0.1) is 5.56 Å². The molecule has 2 amide bonds. The quantitative estimate of drug-likeness (QED) is 0.799. The molecule has 2 rings (SSSR count). The lowest BCUT2D eigenvalue weighted by Gasteiger charge is -1.98. The van der Waals surface area contributed by atoms with Gasteiger partial charge in [-0.3, -0.25) is 5.32 Å². The van der Waals surface area contributed by atoms with Gasteiger partial charge in [-0.2, -0.15) is 11.3 Å². The molecule has 0 aliphatic heterocycles. The molecule has 0 spiro atoms. The summed E-state index contributed by atoms with van der Waals surface area (Å²) < 4.78 is 0. The Morgan fingerprint density at radius 1 is 1.41 bits per heavy atom. The normalized spacial score (nSPS) is 10.1. The van der Waals surface area contributed by atoms with E-state index in [0.29, 0.717) is 0 Å². The van der Waals surface area contributed by atoms with Crippen molar-refractivity contribution in [2.45, 2.75) is 0 Å². The molecular weight excluding hydrogens is 260 g/mol. The van der Waals surface area contributed by atoms with E-state index in [2.05, 4.69) is 5.32 Å². The van der Waals surface area contributed by atoms with Crippen LogP contribution in [0.1, 0.15) is 10.4 Å². The minimum atomic E-state index is -1.09. The van der Waals surface area contributed by atoms with E-state index in [1.54, 1.807) is 0 Å². The Hall–Kier alpha value is -1.86. The third kappa shape index (κ3) is 2.45. The molecule has 0 bridgehead atoms. The number of thiophene rings is 2. The highest BCUT2D eigenvalue weighted by atomic mass is 32.1. The van der Waals surface area contributed by atoms with Gasteiger partial charge < -0.3 is 10.8 Å². The summed E-state index contributed by atoms with van der Waals surface area (Å²) in [4.78, 5) is 22.6. The van der Waals surface area contributed by atoms with Crippen molar-refractivity contribution in [2.24, 2.45) is 5.73 Å². The average Bonchev–Trinajstić information content (AvgIpc) is 2.82. The Morgan fingerprint density at radius 3 is 2.71 bits per heavy atom. The maximum absolute atomic E-state index is 11.0. The van der Waals surface area contributed by atoms with E-state index in [9.17, 15) is 9.59 Å². The molecule has 7 heteroatoms. The van der Waals surface area contributed by atoms with E-state index in [4.69, 9.17) is 10.8 Å². The van der Waals surface area contributed by atoms with Gasteiger partial charge in [0.25, 0.3) is 0 Å². The maximum atomic E-state index is 11.0. The summed E-state index contributed by atoms with van der Waals surface area (Å²) in [6, 6.07) is 2.64. The third-order valence-corrected chi connectivity index (χ3v) is 3.79. The van der Waals surface area contributed by atoms with Gasteiger partial charge in [-0.25, -0.2) is 9.59 Å². The lowest BCUT2D eigenvalue weighted by atomic mass is 10.2. The molecule has 2 aromatic rings. The summed E-state index contributed by atoms with van der Waals surface area (Å²) >= 11 is 2.71. The minimum absolute atomic E-state index is 0.0509. The summed E-state index contributed by atoms with van der Waals surface area (Å²) in [7, 11) is 0. The van der Waals surface area contributed by atoms with Gasteiger partial charge in [0.15, 0.2) is 0 Å². The number of hydrogen-bond donors (Lipinski definition) is 3. The van der Waals surface area contributed by atoms with Crippen molar-refractivity contribution in [3.63, 3.8) is 0 Å². The molecule has 0 fully saturated rings. The summed E-state index contributed by atoms with van der Waals surface area (Å²) in [6.07, 6.45) is 0. The predicted octanol–water partition coefficient (Wildman–Crippen LogP) is 2.67. The van der Waals surface area contributed by atoms with E-state index in [1.807, 2.05) is 16.8 Å². The number of rotatable bonds is 3. The Balaban J connectivity index is 2.44. The highest BCUT2D eigenvalue weighted by molar-refractivity contribution is 7.20. The van der Waals surface area contributed by atoms with E-state index in [1.165, 1.54) is 28.7 Å². The standard InChI is InChI=1S/C10H8N2O3S2/c11-10(15)12-8-6(9(13)14)3-7(17-8)5-1-2-16-4-5/h1-4H,(H,13,14)(H3,11,12,15). The summed E-state index contributed by atoms with van der Waals surface area (Å²) in [6.45, 7) is 0. The van der Waals surface area contributed by atoms with Gasteiger partial charge in [-0.15, -0.1) is 11.3 Å². The second kappa shape index (κ2) is 4.56. The zero-order chi connectivity index (χ0) is 12.4. The van der Waals surface area contributed by atoms with Crippen LogP contribution in [-0.4, -0.2) is 17.1 Å². The number of carbonyl (C=O) groups excluding carboxylic acids is 1. The molecule has 4 N–H and O–H groups in total. The van der Waals surface area contributed by atoms with Gasteiger partial charge in [0, 0.05) is 10.4 Å². The number of nitrogens with two attached hydrogens (primary N) is 1. The van der Waals surface area contributed by atoms with Crippen LogP contribution in [0.2, 0.25) is 0 Å². The molecule has 0 atom stereocenters. The van der Waals surface area contributed by atoms with Crippen LogP contribution in [0.4, 0.5) is 9.80 Å². The number of amides is 2. The van der Waals surface area contributed by atoms with Gasteiger partial charge in [0.2, 0.25) is 0 Å². The fourth-order valence-electron chi connectivity index (χ4n) is 1.30. The first-order valence-corrected chi connectivity index (χ1v) is 6.30. The molecule has 0 saturated heterocycles. The SMILES string of the molecule is NC(=O)Nc1sc(-c2ccsc2)cc1C(=O)O. The molecule has 0 aromatic carbocycles. The van der Waals surface area contributed by atoms with Gasteiger partial charge >= 0.3 is 12.0 Å².